The zero-order chi connectivity index (χ0) is 94.4. The molecule has 7 heterocycles. The van der Waals surface area contributed by atoms with E-state index >= 15 is 0 Å². The van der Waals surface area contributed by atoms with Gasteiger partial charge in [-0.25, -0.2) is 9.97 Å². The molecule has 14 heteroatoms. The maximum absolute atomic E-state index is 5.30. The van der Waals surface area contributed by atoms with Crippen molar-refractivity contribution in [1.82, 2.24) is 38.6 Å². The van der Waals surface area contributed by atoms with E-state index in [9.17, 15) is 0 Å². The Morgan fingerprint density at radius 1 is 0.243 bits per heavy atom. The first kappa shape index (κ1) is 93.0. The van der Waals surface area contributed by atoms with Crippen LogP contribution in [0.15, 0.2) is 430 Å². The van der Waals surface area contributed by atoms with Gasteiger partial charge in [-0.3, -0.25) is 19.5 Å². The van der Waals surface area contributed by atoms with Crippen LogP contribution in [0.2, 0.25) is 0 Å². The molecule has 0 spiro atoms. The van der Waals surface area contributed by atoms with Crippen molar-refractivity contribution in [1.29, 1.82) is 0 Å². The van der Waals surface area contributed by atoms with Gasteiger partial charge in [-0.05, 0) is 209 Å². The largest absolute Gasteiger partial charge is 0.309 e. The van der Waals surface area contributed by atoms with Crippen LogP contribution in [0, 0.1) is 18.2 Å². The van der Waals surface area contributed by atoms with E-state index in [1.807, 2.05) is 65.7 Å². The summed E-state index contributed by atoms with van der Waals surface area (Å²) >= 11 is 4.98. The van der Waals surface area contributed by atoms with E-state index in [1.165, 1.54) is 161 Å². The predicted octanol–water partition coefficient (Wildman–Crippen LogP) is 34.5. The van der Waals surface area contributed by atoms with Crippen molar-refractivity contribution in [2.24, 2.45) is 0 Å². The van der Waals surface area contributed by atoms with Crippen LogP contribution < -0.4 is 0 Å². The van der Waals surface area contributed by atoms with Crippen LogP contribution in [-0.4, -0.2) is 38.6 Å². The van der Waals surface area contributed by atoms with Crippen LogP contribution in [0.1, 0.15) is 74.9 Å². The molecule has 8 nitrogen and oxygen atoms in total. The van der Waals surface area contributed by atoms with Gasteiger partial charge in [0.15, 0.2) is 0 Å². The number of rotatable bonds is 13. The Morgan fingerprint density at radius 3 is 0.944 bits per heavy atom. The summed E-state index contributed by atoms with van der Waals surface area (Å²) < 4.78 is 7.13. The second-order valence-corrected chi connectivity index (χ2v) is 41.2. The molecule has 0 aliphatic heterocycles. The molecule has 18 aromatic carbocycles. The van der Waals surface area contributed by atoms with Crippen molar-refractivity contribution < 1.29 is 60.3 Å². The fraction of sp³-hybridized carbons (Fsp3) is 0.0692. The van der Waals surface area contributed by atoms with Crippen LogP contribution in [0.25, 0.3) is 225 Å². The minimum absolute atomic E-state index is 0. The average molecular weight is 2440 g/mol. The minimum Gasteiger partial charge on any atom is -0.309 e. The topological polar surface area (TPSA) is 79.2 Å². The Bertz CT molecular complexity index is 9210. The van der Waals surface area contributed by atoms with Gasteiger partial charge < -0.3 is 9.13 Å². The molecule has 0 amide bonds. The smallest absolute Gasteiger partial charge is 0.235 e. The van der Waals surface area contributed by atoms with Gasteiger partial charge in [-0.2, -0.15) is 34.0 Å². The maximum atomic E-state index is 5.30. The predicted molar refractivity (Wildman–Crippen MR) is 589 cm³/mol. The molecule has 0 atom stereocenters. The van der Waals surface area contributed by atoms with Crippen LogP contribution in [0.4, 0.5) is 0 Å². The number of fused-ring (bicyclic) bond motifs is 18. The summed E-state index contributed by atoms with van der Waals surface area (Å²) in [6.07, 6.45) is 5.66. The number of thiazole rings is 3. The summed E-state index contributed by atoms with van der Waals surface area (Å²) in [5.41, 5.74) is 42.9. The molecule has 0 bridgehead atoms. The molecular formula is C130H89Ir3N8S3-3. The molecule has 144 heavy (non-hydrogen) atoms. The van der Waals surface area contributed by atoms with E-state index in [-0.39, 0.29) is 76.6 Å². The van der Waals surface area contributed by atoms with E-state index < -0.39 is 0 Å². The molecule has 697 valence electrons. The van der Waals surface area contributed by atoms with Crippen LogP contribution in [-0.2, 0) is 76.6 Å². The normalized spacial score (nSPS) is 12.9. The van der Waals surface area contributed by atoms with Crippen molar-refractivity contribution in [2.45, 2.75) is 57.8 Å². The molecule has 3 aliphatic rings. The molecule has 25 aromatic rings. The monoisotopic (exact) mass is 2440 g/mol. The van der Waals surface area contributed by atoms with Gasteiger partial charge >= 0.3 is 0 Å². The second kappa shape index (κ2) is 37.5. The van der Waals surface area contributed by atoms with Gasteiger partial charge in [0, 0.05) is 181 Å². The summed E-state index contributed by atoms with van der Waals surface area (Å²) in [6.45, 7) is 14.1. The Morgan fingerprint density at radius 2 is 0.562 bits per heavy atom. The van der Waals surface area contributed by atoms with Crippen LogP contribution in [0.5, 0.6) is 0 Å². The van der Waals surface area contributed by atoms with Gasteiger partial charge in [0.1, 0.15) is 0 Å². The summed E-state index contributed by atoms with van der Waals surface area (Å²) in [5.74, 6) is 0.650. The zero-order valence-corrected chi connectivity index (χ0v) is 88.9. The molecule has 0 saturated heterocycles. The minimum atomic E-state index is -0.152. The van der Waals surface area contributed by atoms with E-state index in [0.29, 0.717) is 5.95 Å². The van der Waals surface area contributed by atoms with Crippen LogP contribution in [0.3, 0.4) is 0 Å². The molecular weight excluding hydrogens is 2350 g/mol. The summed E-state index contributed by atoms with van der Waals surface area (Å²) in [5, 5.41) is 14.4. The summed E-state index contributed by atoms with van der Waals surface area (Å²) in [4.78, 5) is 25.6. The summed E-state index contributed by atoms with van der Waals surface area (Å²) in [6, 6.07) is 155. The van der Waals surface area contributed by atoms with Crippen molar-refractivity contribution >= 4 is 99.4 Å². The quantitative estimate of drug-likeness (QED) is 0.107. The number of hydrogen-bond donors (Lipinski definition) is 0. The van der Waals surface area contributed by atoms with Crippen LogP contribution >= 0.6 is 34.0 Å². The Balaban J connectivity index is 0.000000120. The number of nitrogens with zero attached hydrogens (tertiary/aromatic N) is 8. The van der Waals surface area contributed by atoms with Gasteiger partial charge in [0.05, 0.1) is 44.5 Å². The fourth-order valence-corrected chi connectivity index (χ4v) is 24.3. The molecule has 3 radical (unpaired) electrons. The van der Waals surface area contributed by atoms with E-state index in [2.05, 4.69) is 447 Å². The second-order valence-electron chi connectivity index (χ2n) is 38.4. The van der Waals surface area contributed by atoms with E-state index in [1.54, 1.807) is 34.0 Å². The third-order valence-electron chi connectivity index (χ3n) is 29.2. The zero-order valence-electron chi connectivity index (χ0n) is 79.3. The first-order valence-corrected chi connectivity index (χ1v) is 50.5. The third-order valence-corrected chi connectivity index (χ3v) is 31.9. The van der Waals surface area contributed by atoms with Crippen molar-refractivity contribution in [3.63, 3.8) is 0 Å². The number of para-hydroxylation sites is 2. The number of aromatic nitrogens is 8. The fourth-order valence-electron chi connectivity index (χ4n) is 22.2. The number of benzene rings is 18. The maximum Gasteiger partial charge on any atom is 0.235 e. The van der Waals surface area contributed by atoms with Gasteiger partial charge in [0.2, 0.25) is 5.95 Å². The first-order chi connectivity index (χ1) is 69.1. The number of hydrogen-bond acceptors (Lipinski definition) is 8. The van der Waals surface area contributed by atoms with Gasteiger partial charge in [0.25, 0.3) is 0 Å². The van der Waals surface area contributed by atoms with E-state index in [0.717, 1.165) is 92.2 Å². The van der Waals surface area contributed by atoms with Gasteiger partial charge in [-0.15, -0.1) is 106 Å². The SMILES string of the molecule is CC1(C)c2ccccc2-c2cc3c4cc(-c5cc[c-]c(-c6nccs6)c5)ccc4n(-c4ccccc4)c3cc21.CC1(C)c2ccccc2-c2cc3c4cc(-c5cc[c-]c(-c6nccs6)c5)ccc4n(-c4nc(-c5ccccc5)cc(-c5ccccc5)n4)c3cc21.CC1(C)c2ccccc2-c2cc3c4cc(-c5cccc(-c6cc[c-]c(-c7ncc(-c8ccccc8)s7)c6)c5)ccc4n(-c4ccccc4)c3cc21.[Ir].[Ir].[Ir]. The Labute approximate surface area is 889 Å². The molecule has 0 fully saturated rings. The Hall–Kier alpha value is -14.7. The van der Waals surface area contributed by atoms with Crippen molar-refractivity contribution in [3.8, 4) is 160 Å². The standard InChI is InChI=1S/C48H33N2S.C46H31N4S.C36H25N2S.3Ir/c1-48(2)42-22-10-9-21-38(42)39-28-41-40-27-35(23-24-44(40)50(45(41)29-43(39)48)37-19-7-4-8-20-37)33-16-11-15-32(25-33)34-17-12-18-36(26-34)47-49-30-46(51-47)31-13-5-3-6-14-31;1-46(2)38-19-10-9-18-34(38)35-26-37-36-25-32(31-16-11-17-33(24-31)44-47-22-23-51-44)20-21-42(36)50(43(37)27-39(35)46)45-48-40(29-12-5-3-6-13-29)28-41(49-45)30-14-7-4-8-15-30;1-36(2)31-14-7-6-13-27(31)28-21-30-29-20-24(23-9-8-10-25(19-23)35-37-17-18-39-35)15-16-33(29)38(34(30)22-32(28)36)26-11-4-3-5-12-26;;;/h3-17,19-30H,1-2H3;3-16,18-28H,1-2H3;3-9,11-22H,1-2H3;;;/q3*-1;;;. The molecule has 0 N–H and O–H groups in total. The van der Waals surface area contributed by atoms with E-state index in [4.69, 9.17) is 15.0 Å². The molecule has 7 aromatic heterocycles. The molecule has 3 aliphatic carbocycles. The van der Waals surface area contributed by atoms with Crippen molar-refractivity contribution in [3.05, 3.63) is 481 Å². The molecule has 0 unspecified atom stereocenters. The summed E-state index contributed by atoms with van der Waals surface area (Å²) in [7, 11) is 0. The Kier molecular flexibility index (Phi) is 24.2. The first-order valence-electron chi connectivity index (χ1n) is 47.9. The van der Waals surface area contributed by atoms with Gasteiger partial charge in [-0.1, -0.05) is 278 Å². The molecule has 28 rings (SSSR count). The molecule has 0 saturated carbocycles. The van der Waals surface area contributed by atoms with Crippen molar-refractivity contribution in [2.75, 3.05) is 0 Å². The third kappa shape index (κ3) is 16.0. The average Bonchev–Trinajstić information content (AvgIpc) is 1.59.